The summed E-state index contributed by atoms with van der Waals surface area (Å²) in [5.41, 5.74) is 2.68. The highest BCUT2D eigenvalue weighted by molar-refractivity contribution is 14.0. The van der Waals surface area contributed by atoms with Crippen LogP contribution in [0.3, 0.4) is 0 Å². The molecule has 0 spiro atoms. The maximum absolute atomic E-state index is 4.85. The molecule has 0 radical (unpaired) electrons. The van der Waals surface area contributed by atoms with Crippen LogP contribution in [0.5, 0.6) is 0 Å². The zero-order chi connectivity index (χ0) is 17.6. The molecule has 1 heterocycles. The van der Waals surface area contributed by atoms with Crippen LogP contribution in [0.15, 0.2) is 29.3 Å². The predicted octanol–water partition coefficient (Wildman–Crippen LogP) is 3.90. The second-order valence-electron chi connectivity index (χ2n) is 7.72. The number of piperidine rings is 1. The van der Waals surface area contributed by atoms with E-state index in [0.717, 1.165) is 25.1 Å². The van der Waals surface area contributed by atoms with E-state index in [1.165, 1.54) is 49.9 Å². The summed E-state index contributed by atoms with van der Waals surface area (Å²) in [5, 5.41) is 7.08. The Bertz CT molecular complexity index is 560. The van der Waals surface area contributed by atoms with Crippen molar-refractivity contribution in [3.05, 3.63) is 35.4 Å². The topological polar surface area (TPSA) is 39.7 Å². The van der Waals surface area contributed by atoms with Crippen molar-refractivity contribution >= 4 is 29.9 Å². The fourth-order valence-electron chi connectivity index (χ4n) is 3.59. The number of aryl methyl sites for hydroxylation is 1. The molecule has 0 bridgehead atoms. The first kappa shape index (κ1) is 21.5. The summed E-state index contributed by atoms with van der Waals surface area (Å²) in [7, 11) is 0. The van der Waals surface area contributed by atoms with Gasteiger partial charge in [0.15, 0.2) is 5.96 Å². The van der Waals surface area contributed by atoms with Crippen molar-refractivity contribution in [2.75, 3.05) is 26.2 Å². The molecule has 0 amide bonds. The van der Waals surface area contributed by atoms with Crippen molar-refractivity contribution in [2.45, 2.75) is 64.5 Å². The summed E-state index contributed by atoms with van der Waals surface area (Å²) in [4.78, 5) is 7.52. The Kier molecular flexibility index (Phi) is 8.67. The zero-order valence-corrected chi connectivity index (χ0v) is 18.8. The minimum atomic E-state index is 0. The summed E-state index contributed by atoms with van der Waals surface area (Å²) in [6, 6.07) is 10.3. The number of hydrogen-bond donors (Lipinski definition) is 2. The van der Waals surface area contributed by atoms with Crippen molar-refractivity contribution < 1.29 is 0 Å². The molecule has 26 heavy (non-hydrogen) atoms. The molecule has 4 nitrogen and oxygen atoms in total. The summed E-state index contributed by atoms with van der Waals surface area (Å²) >= 11 is 0. The highest BCUT2D eigenvalue weighted by Gasteiger charge is 2.31. The number of benzene rings is 1. The van der Waals surface area contributed by atoms with Crippen LogP contribution in [0.1, 0.15) is 56.6 Å². The predicted molar refractivity (Wildman–Crippen MR) is 122 cm³/mol. The second-order valence-corrected chi connectivity index (χ2v) is 7.72. The minimum absolute atomic E-state index is 0. The number of rotatable bonds is 6. The Morgan fingerprint density at radius 2 is 1.81 bits per heavy atom. The van der Waals surface area contributed by atoms with E-state index in [-0.39, 0.29) is 24.0 Å². The number of hydrogen-bond acceptors (Lipinski definition) is 2. The third-order valence-electron chi connectivity index (χ3n) is 5.45. The van der Waals surface area contributed by atoms with Gasteiger partial charge in [-0.3, -0.25) is 4.99 Å². The Hall–Kier alpha value is -0.820. The molecule has 1 aliphatic heterocycles. The quantitative estimate of drug-likeness (QED) is 0.377. The lowest BCUT2D eigenvalue weighted by Crippen LogP contribution is -2.49. The van der Waals surface area contributed by atoms with E-state index in [1.54, 1.807) is 0 Å². The SMILES string of the molecule is CCNC(=NCC(C)c1ccc(C)cc1)NC1CCN(C2CC2)CC1.I. The van der Waals surface area contributed by atoms with Gasteiger partial charge in [0, 0.05) is 44.2 Å². The number of likely N-dealkylation sites (tertiary alicyclic amines) is 1. The standard InChI is InChI=1S/C21H34N4.HI/c1-4-22-21(23-15-17(3)18-7-5-16(2)6-8-18)24-19-11-13-25(14-12-19)20-9-10-20;/h5-8,17,19-20H,4,9-15H2,1-3H3,(H2,22,23,24);1H. The first-order valence-electron chi connectivity index (χ1n) is 10.0. The maximum atomic E-state index is 4.85. The summed E-state index contributed by atoms with van der Waals surface area (Å²) in [6.07, 6.45) is 5.29. The summed E-state index contributed by atoms with van der Waals surface area (Å²) in [5.74, 6) is 1.42. The van der Waals surface area contributed by atoms with E-state index in [1.807, 2.05) is 0 Å². The highest BCUT2D eigenvalue weighted by atomic mass is 127. The van der Waals surface area contributed by atoms with Gasteiger partial charge in [-0.2, -0.15) is 0 Å². The van der Waals surface area contributed by atoms with Gasteiger partial charge >= 0.3 is 0 Å². The van der Waals surface area contributed by atoms with E-state index in [9.17, 15) is 0 Å². The first-order chi connectivity index (χ1) is 12.2. The van der Waals surface area contributed by atoms with Gasteiger partial charge < -0.3 is 15.5 Å². The molecule has 1 saturated carbocycles. The number of nitrogens with zero attached hydrogens (tertiary/aromatic N) is 2. The van der Waals surface area contributed by atoms with Crippen molar-refractivity contribution in [3.8, 4) is 0 Å². The average Bonchev–Trinajstić information content (AvgIpc) is 3.46. The van der Waals surface area contributed by atoms with Crippen molar-refractivity contribution in [1.29, 1.82) is 0 Å². The molecule has 1 aromatic carbocycles. The lowest BCUT2D eigenvalue weighted by atomic mass is 10.0. The van der Waals surface area contributed by atoms with Crippen LogP contribution in [0.2, 0.25) is 0 Å². The number of halogens is 1. The van der Waals surface area contributed by atoms with Crippen LogP contribution in [-0.2, 0) is 0 Å². The molecular weight excluding hydrogens is 435 g/mol. The molecular formula is C21H35IN4. The van der Waals surface area contributed by atoms with E-state index in [0.29, 0.717) is 12.0 Å². The summed E-state index contributed by atoms with van der Waals surface area (Å²) < 4.78 is 0. The number of nitrogens with one attached hydrogen (secondary N) is 2. The molecule has 1 aliphatic carbocycles. The van der Waals surface area contributed by atoms with Crippen molar-refractivity contribution in [1.82, 2.24) is 15.5 Å². The second kappa shape index (κ2) is 10.5. The molecule has 1 saturated heterocycles. The lowest BCUT2D eigenvalue weighted by molar-refractivity contribution is 0.197. The van der Waals surface area contributed by atoms with Gasteiger partial charge in [0.25, 0.3) is 0 Å². The molecule has 1 atom stereocenters. The van der Waals surface area contributed by atoms with Gasteiger partial charge in [0.2, 0.25) is 0 Å². The molecule has 3 rings (SSSR count). The van der Waals surface area contributed by atoms with Crippen LogP contribution in [0, 0.1) is 6.92 Å². The highest BCUT2D eigenvalue weighted by Crippen LogP contribution is 2.29. The van der Waals surface area contributed by atoms with Crippen LogP contribution < -0.4 is 10.6 Å². The van der Waals surface area contributed by atoms with E-state index >= 15 is 0 Å². The fourth-order valence-corrected chi connectivity index (χ4v) is 3.59. The zero-order valence-electron chi connectivity index (χ0n) is 16.5. The molecule has 0 aromatic heterocycles. The number of aliphatic imine (C=N–C) groups is 1. The van der Waals surface area contributed by atoms with Crippen molar-refractivity contribution in [3.63, 3.8) is 0 Å². The molecule has 5 heteroatoms. The third kappa shape index (κ3) is 6.41. The van der Waals surface area contributed by atoms with Gasteiger partial charge in [-0.05, 0) is 45.1 Å². The van der Waals surface area contributed by atoms with Gasteiger partial charge in [-0.15, -0.1) is 24.0 Å². The Labute approximate surface area is 176 Å². The Morgan fingerprint density at radius 3 is 2.38 bits per heavy atom. The smallest absolute Gasteiger partial charge is 0.191 e. The van der Waals surface area contributed by atoms with Crippen LogP contribution in [-0.4, -0.2) is 49.1 Å². The summed E-state index contributed by atoms with van der Waals surface area (Å²) in [6.45, 7) is 10.7. The number of guanidine groups is 1. The monoisotopic (exact) mass is 470 g/mol. The normalized spacial score (nSPS) is 20.3. The molecule has 1 aromatic rings. The average molecular weight is 470 g/mol. The van der Waals surface area contributed by atoms with E-state index < -0.39 is 0 Å². The maximum Gasteiger partial charge on any atom is 0.191 e. The van der Waals surface area contributed by atoms with Crippen LogP contribution in [0.25, 0.3) is 0 Å². The molecule has 2 N–H and O–H groups in total. The molecule has 2 fully saturated rings. The Morgan fingerprint density at radius 1 is 1.15 bits per heavy atom. The van der Waals surface area contributed by atoms with Gasteiger partial charge in [-0.1, -0.05) is 36.8 Å². The van der Waals surface area contributed by atoms with E-state index in [2.05, 4.69) is 60.6 Å². The third-order valence-corrected chi connectivity index (χ3v) is 5.45. The lowest BCUT2D eigenvalue weighted by Gasteiger charge is -2.33. The largest absolute Gasteiger partial charge is 0.357 e. The van der Waals surface area contributed by atoms with Gasteiger partial charge in [0.05, 0.1) is 0 Å². The molecule has 146 valence electrons. The molecule has 1 unspecified atom stereocenters. The van der Waals surface area contributed by atoms with Crippen LogP contribution in [0.4, 0.5) is 0 Å². The fraction of sp³-hybridized carbons (Fsp3) is 0.667. The van der Waals surface area contributed by atoms with Gasteiger partial charge in [-0.25, -0.2) is 0 Å². The first-order valence-corrected chi connectivity index (χ1v) is 10.0. The van der Waals surface area contributed by atoms with Crippen LogP contribution >= 0.6 is 24.0 Å². The minimum Gasteiger partial charge on any atom is -0.357 e. The van der Waals surface area contributed by atoms with Gasteiger partial charge in [0.1, 0.15) is 0 Å². The van der Waals surface area contributed by atoms with E-state index in [4.69, 9.17) is 4.99 Å². The molecule has 2 aliphatic rings. The Balaban J connectivity index is 0.00000243. The van der Waals surface area contributed by atoms with Crippen molar-refractivity contribution in [2.24, 2.45) is 4.99 Å².